The van der Waals surface area contributed by atoms with Gasteiger partial charge in [0.25, 0.3) is 0 Å². The molecule has 0 radical (unpaired) electrons. The largest absolute Gasteiger partial charge is 0.494 e. The SMILES string of the molecule is C=N/C=C(C)\C=C/c1nc(C)nc2ccc(OCC)cc12.CN.c1cnccn1. The summed E-state index contributed by atoms with van der Waals surface area (Å²) in [6.45, 7) is 9.91. The number of aromatic nitrogens is 4. The third-order valence-corrected chi connectivity index (χ3v) is 3.40. The Labute approximate surface area is 172 Å². The van der Waals surface area contributed by atoms with E-state index in [2.05, 4.69) is 37.4 Å². The van der Waals surface area contributed by atoms with Crippen molar-refractivity contribution >= 4 is 23.7 Å². The zero-order valence-electron chi connectivity index (χ0n) is 17.4. The minimum Gasteiger partial charge on any atom is -0.494 e. The summed E-state index contributed by atoms with van der Waals surface area (Å²) in [6, 6.07) is 5.86. The summed E-state index contributed by atoms with van der Waals surface area (Å²) in [4.78, 5) is 20.2. The van der Waals surface area contributed by atoms with Gasteiger partial charge in [0.1, 0.15) is 11.6 Å². The second-order valence-corrected chi connectivity index (χ2v) is 5.55. The molecule has 0 aliphatic rings. The van der Waals surface area contributed by atoms with E-state index in [1.165, 1.54) is 7.05 Å². The highest BCUT2D eigenvalue weighted by Gasteiger charge is 2.05. The summed E-state index contributed by atoms with van der Waals surface area (Å²) in [7, 11) is 1.50. The van der Waals surface area contributed by atoms with Gasteiger partial charge in [-0.05, 0) is 64.4 Å². The van der Waals surface area contributed by atoms with Crippen molar-refractivity contribution in [3.63, 3.8) is 0 Å². The van der Waals surface area contributed by atoms with Crippen LogP contribution < -0.4 is 10.5 Å². The van der Waals surface area contributed by atoms with Crippen molar-refractivity contribution in [3.8, 4) is 5.75 Å². The van der Waals surface area contributed by atoms with E-state index in [4.69, 9.17) is 4.74 Å². The molecule has 2 aromatic heterocycles. The van der Waals surface area contributed by atoms with E-state index in [0.29, 0.717) is 6.61 Å². The molecule has 0 spiro atoms. The summed E-state index contributed by atoms with van der Waals surface area (Å²) < 4.78 is 5.55. The van der Waals surface area contributed by atoms with E-state index in [1.807, 2.05) is 51.1 Å². The van der Waals surface area contributed by atoms with Gasteiger partial charge < -0.3 is 10.5 Å². The van der Waals surface area contributed by atoms with Gasteiger partial charge in [-0.1, -0.05) is 6.08 Å². The molecule has 0 saturated heterocycles. The van der Waals surface area contributed by atoms with Crippen LogP contribution in [0.15, 0.2) is 65.8 Å². The van der Waals surface area contributed by atoms with Crippen LogP contribution in [-0.2, 0) is 0 Å². The second kappa shape index (κ2) is 13.7. The number of nitrogens with zero attached hydrogens (tertiary/aromatic N) is 5. The Morgan fingerprint density at radius 2 is 1.79 bits per heavy atom. The zero-order chi connectivity index (χ0) is 21.5. The quantitative estimate of drug-likeness (QED) is 0.520. The van der Waals surface area contributed by atoms with E-state index in [1.54, 1.807) is 31.0 Å². The maximum atomic E-state index is 5.55. The molecule has 7 heteroatoms. The number of rotatable bonds is 5. The van der Waals surface area contributed by atoms with Gasteiger partial charge in [-0.2, -0.15) is 0 Å². The number of nitrogens with two attached hydrogens (primary N) is 1. The fourth-order valence-corrected chi connectivity index (χ4v) is 2.29. The number of allylic oxidation sites excluding steroid dienone is 2. The van der Waals surface area contributed by atoms with E-state index in [9.17, 15) is 0 Å². The molecule has 0 saturated carbocycles. The van der Waals surface area contributed by atoms with Crippen molar-refractivity contribution in [2.24, 2.45) is 10.7 Å². The number of hydrogen-bond acceptors (Lipinski definition) is 7. The summed E-state index contributed by atoms with van der Waals surface area (Å²) in [6.07, 6.45) is 12.2. The van der Waals surface area contributed by atoms with Crippen molar-refractivity contribution in [2.75, 3.05) is 13.7 Å². The number of aryl methyl sites for hydroxylation is 1. The highest BCUT2D eigenvalue weighted by Crippen LogP contribution is 2.23. The Bertz CT molecular complexity index is 912. The van der Waals surface area contributed by atoms with Crippen molar-refractivity contribution in [1.29, 1.82) is 0 Å². The van der Waals surface area contributed by atoms with Crippen molar-refractivity contribution in [1.82, 2.24) is 19.9 Å². The standard InChI is InChI=1S/C17H19N3O.C4H4N2.CH5N/c1-5-21-14-7-9-17-15(10-14)16(19-13(3)20-17)8-6-12(2)11-18-4;1-2-6-4-3-5-1;1-2/h6-11H,4-5H2,1-3H3;1-4H;2H2,1H3/b8-6-,12-11-;;. The Hall–Kier alpha value is -3.45. The first kappa shape index (κ1) is 23.6. The van der Waals surface area contributed by atoms with Crippen LogP contribution in [-0.4, -0.2) is 40.3 Å². The van der Waals surface area contributed by atoms with Crippen LogP contribution in [0.4, 0.5) is 0 Å². The lowest BCUT2D eigenvalue weighted by atomic mass is 10.1. The molecule has 0 aliphatic heterocycles. The molecule has 0 bridgehead atoms. The molecular weight excluding hydrogens is 364 g/mol. The van der Waals surface area contributed by atoms with Gasteiger partial charge in [0.2, 0.25) is 0 Å². The Kier molecular flexibility index (Phi) is 11.1. The molecule has 152 valence electrons. The number of hydrogen-bond donors (Lipinski definition) is 1. The number of fused-ring (bicyclic) bond motifs is 1. The first-order chi connectivity index (χ1) is 14.1. The van der Waals surface area contributed by atoms with E-state index in [-0.39, 0.29) is 0 Å². The van der Waals surface area contributed by atoms with Gasteiger partial charge in [0.05, 0.1) is 17.8 Å². The molecular formula is C22H28N6O. The van der Waals surface area contributed by atoms with Crippen LogP contribution in [0.1, 0.15) is 25.4 Å². The minimum absolute atomic E-state index is 0.635. The van der Waals surface area contributed by atoms with E-state index >= 15 is 0 Å². The summed E-state index contributed by atoms with van der Waals surface area (Å²) >= 11 is 0. The average molecular weight is 393 g/mol. The van der Waals surface area contributed by atoms with Crippen LogP contribution in [0.2, 0.25) is 0 Å². The molecule has 29 heavy (non-hydrogen) atoms. The zero-order valence-corrected chi connectivity index (χ0v) is 17.4. The third kappa shape index (κ3) is 8.40. The van der Waals surface area contributed by atoms with Crippen LogP contribution in [0.25, 0.3) is 17.0 Å². The monoisotopic (exact) mass is 392 g/mol. The maximum Gasteiger partial charge on any atom is 0.126 e. The summed E-state index contributed by atoms with van der Waals surface area (Å²) in [5.74, 6) is 1.57. The van der Waals surface area contributed by atoms with Crippen molar-refractivity contribution in [3.05, 3.63) is 72.4 Å². The lowest BCUT2D eigenvalue weighted by molar-refractivity contribution is 0.340. The van der Waals surface area contributed by atoms with Crippen LogP contribution in [0.5, 0.6) is 5.75 Å². The molecule has 7 nitrogen and oxygen atoms in total. The van der Waals surface area contributed by atoms with E-state index in [0.717, 1.165) is 33.7 Å². The van der Waals surface area contributed by atoms with Crippen molar-refractivity contribution in [2.45, 2.75) is 20.8 Å². The molecule has 0 fully saturated rings. The Morgan fingerprint density at radius 3 is 2.34 bits per heavy atom. The topological polar surface area (TPSA) is 99.2 Å². The predicted molar refractivity (Wildman–Crippen MR) is 120 cm³/mol. The van der Waals surface area contributed by atoms with Gasteiger partial charge in [0, 0.05) is 36.4 Å². The van der Waals surface area contributed by atoms with Crippen LogP contribution in [0, 0.1) is 6.92 Å². The maximum absolute atomic E-state index is 5.55. The number of ether oxygens (including phenoxy) is 1. The van der Waals surface area contributed by atoms with Crippen LogP contribution >= 0.6 is 0 Å². The molecule has 0 atom stereocenters. The van der Waals surface area contributed by atoms with Gasteiger partial charge in [-0.15, -0.1) is 0 Å². The molecule has 0 amide bonds. The van der Waals surface area contributed by atoms with Gasteiger partial charge in [0.15, 0.2) is 0 Å². The van der Waals surface area contributed by atoms with Gasteiger partial charge >= 0.3 is 0 Å². The van der Waals surface area contributed by atoms with Crippen molar-refractivity contribution < 1.29 is 4.74 Å². The Morgan fingerprint density at radius 1 is 1.14 bits per heavy atom. The van der Waals surface area contributed by atoms with Gasteiger partial charge in [-0.3, -0.25) is 15.0 Å². The molecule has 3 rings (SSSR count). The average Bonchev–Trinajstić information content (AvgIpc) is 2.76. The molecule has 2 N–H and O–H groups in total. The summed E-state index contributed by atoms with van der Waals surface area (Å²) in [5.41, 5.74) is 7.29. The van der Waals surface area contributed by atoms with Crippen LogP contribution in [0.3, 0.4) is 0 Å². The lowest BCUT2D eigenvalue weighted by Gasteiger charge is -2.07. The molecule has 0 aliphatic carbocycles. The normalized spacial score (nSPS) is 10.6. The number of benzene rings is 1. The minimum atomic E-state index is 0.635. The summed E-state index contributed by atoms with van der Waals surface area (Å²) in [5, 5.41) is 0.974. The molecule has 1 aromatic carbocycles. The highest BCUT2D eigenvalue weighted by molar-refractivity contribution is 5.87. The molecule has 3 aromatic rings. The lowest BCUT2D eigenvalue weighted by Crippen LogP contribution is -1.96. The van der Waals surface area contributed by atoms with Gasteiger partial charge in [-0.25, -0.2) is 9.97 Å². The second-order valence-electron chi connectivity index (χ2n) is 5.55. The first-order valence-electron chi connectivity index (χ1n) is 9.13. The smallest absolute Gasteiger partial charge is 0.126 e. The fourth-order valence-electron chi connectivity index (χ4n) is 2.29. The molecule has 0 unspecified atom stereocenters. The van der Waals surface area contributed by atoms with E-state index < -0.39 is 0 Å². The fraction of sp³-hybridized carbons (Fsp3) is 0.227. The number of aliphatic imine (C=N–C) groups is 1. The Balaban J connectivity index is 0.000000442. The highest BCUT2D eigenvalue weighted by atomic mass is 16.5. The predicted octanol–water partition coefficient (Wildman–Crippen LogP) is 4.01. The molecule has 2 heterocycles. The third-order valence-electron chi connectivity index (χ3n) is 3.40. The first-order valence-corrected chi connectivity index (χ1v) is 9.13.